The van der Waals surface area contributed by atoms with Crippen molar-refractivity contribution < 1.29 is 8.42 Å². The van der Waals surface area contributed by atoms with E-state index < -0.39 is 9.84 Å². The van der Waals surface area contributed by atoms with Crippen molar-refractivity contribution in [3.8, 4) is 0 Å². The minimum absolute atomic E-state index is 0.0236. The molecule has 1 aliphatic rings. The topological polar surface area (TPSA) is 66.4 Å². The highest BCUT2D eigenvalue weighted by atomic mass is 32.2. The summed E-state index contributed by atoms with van der Waals surface area (Å²) in [7, 11) is -1.02. The van der Waals surface area contributed by atoms with Gasteiger partial charge in [0.05, 0.1) is 11.5 Å². The molecule has 0 amide bonds. The second-order valence-electron chi connectivity index (χ2n) is 5.96. The Balaban J connectivity index is 1.86. The summed E-state index contributed by atoms with van der Waals surface area (Å²) < 4.78 is 23.4. The molecule has 1 unspecified atom stereocenters. The monoisotopic (exact) mass is 346 g/mol. The van der Waals surface area contributed by atoms with Crippen molar-refractivity contribution in [1.29, 1.82) is 0 Å². The van der Waals surface area contributed by atoms with E-state index in [2.05, 4.69) is 16.9 Å². The van der Waals surface area contributed by atoms with Gasteiger partial charge in [-0.15, -0.1) is 0 Å². The van der Waals surface area contributed by atoms with E-state index in [1.54, 1.807) is 6.20 Å². The van der Waals surface area contributed by atoms with Crippen LogP contribution in [0.3, 0.4) is 0 Å². The Morgan fingerprint density at radius 3 is 2.58 bits per heavy atom. The van der Waals surface area contributed by atoms with Gasteiger partial charge in [0.25, 0.3) is 0 Å². The largest absolute Gasteiger partial charge is 0.355 e. The molecule has 0 N–H and O–H groups in total. The number of hydrogen-bond donors (Lipinski definition) is 0. The predicted octanol–water partition coefficient (Wildman–Crippen LogP) is 2.26. The fourth-order valence-corrected chi connectivity index (χ4v) is 4.76. The Morgan fingerprint density at radius 1 is 1.21 bits per heavy atom. The molecule has 1 fully saturated rings. The Kier molecular flexibility index (Phi) is 4.71. The Hall–Kier alpha value is -2.15. The molecule has 1 aliphatic heterocycles. The van der Waals surface area contributed by atoms with Crippen molar-refractivity contribution in [3.05, 3.63) is 42.6 Å². The van der Waals surface area contributed by atoms with Crippen LogP contribution in [-0.2, 0) is 9.84 Å². The van der Waals surface area contributed by atoms with Gasteiger partial charge in [0.1, 0.15) is 5.82 Å². The SMILES string of the molecule is CCN(c1ccccc1)c1nccc(N(C)C2CCS(=O)(=O)C2)n1. The minimum atomic E-state index is -2.92. The summed E-state index contributed by atoms with van der Waals surface area (Å²) >= 11 is 0. The van der Waals surface area contributed by atoms with Crippen molar-refractivity contribution in [3.63, 3.8) is 0 Å². The average Bonchev–Trinajstić information content (AvgIpc) is 2.96. The lowest BCUT2D eigenvalue weighted by atomic mass is 10.2. The molecule has 0 radical (unpaired) electrons. The summed E-state index contributed by atoms with van der Waals surface area (Å²) in [6.45, 7) is 2.80. The lowest BCUT2D eigenvalue weighted by Gasteiger charge is -2.26. The molecule has 2 aromatic rings. The molecule has 1 aromatic carbocycles. The third-order valence-electron chi connectivity index (χ3n) is 4.37. The van der Waals surface area contributed by atoms with Gasteiger partial charge in [-0.2, -0.15) is 4.98 Å². The predicted molar refractivity (Wildman–Crippen MR) is 96.6 cm³/mol. The first kappa shape index (κ1) is 16.7. The zero-order valence-corrected chi connectivity index (χ0v) is 14.8. The Morgan fingerprint density at radius 2 is 1.96 bits per heavy atom. The van der Waals surface area contributed by atoms with Gasteiger partial charge in [-0.25, -0.2) is 13.4 Å². The van der Waals surface area contributed by atoms with Crippen molar-refractivity contribution in [1.82, 2.24) is 9.97 Å². The van der Waals surface area contributed by atoms with Gasteiger partial charge in [-0.3, -0.25) is 0 Å². The number of para-hydroxylation sites is 1. The molecular formula is C17H22N4O2S. The van der Waals surface area contributed by atoms with Gasteiger partial charge in [0.2, 0.25) is 5.95 Å². The zero-order chi connectivity index (χ0) is 17.2. The third kappa shape index (κ3) is 3.51. The fraction of sp³-hybridized carbons (Fsp3) is 0.412. The number of anilines is 3. The normalized spacial score (nSPS) is 19.2. The van der Waals surface area contributed by atoms with Gasteiger partial charge in [-0.1, -0.05) is 18.2 Å². The van der Waals surface area contributed by atoms with E-state index in [0.29, 0.717) is 12.4 Å². The summed E-state index contributed by atoms with van der Waals surface area (Å²) in [5.74, 6) is 1.81. The molecule has 3 rings (SSSR count). The molecular weight excluding hydrogens is 324 g/mol. The van der Waals surface area contributed by atoms with Crippen LogP contribution in [0.25, 0.3) is 0 Å². The maximum Gasteiger partial charge on any atom is 0.231 e. The summed E-state index contributed by atoms with van der Waals surface area (Å²) in [6.07, 6.45) is 2.37. The van der Waals surface area contributed by atoms with E-state index in [1.807, 2.05) is 53.2 Å². The van der Waals surface area contributed by atoms with Crippen LogP contribution in [0.5, 0.6) is 0 Å². The van der Waals surface area contributed by atoms with Gasteiger partial charge >= 0.3 is 0 Å². The highest BCUT2D eigenvalue weighted by molar-refractivity contribution is 7.91. The molecule has 0 aliphatic carbocycles. The van der Waals surface area contributed by atoms with Gasteiger partial charge < -0.3 is 9.80 Å². The van der Waals surface area contributed by atoms with Crippen LogP contribution >= 0.6 is 0 Å². The quantitative estimate of drug-likeness (QED) is 0.827. The van der Waals surface area contributed by atoms with Crippen LogP contribution in [0.1, 0.15) is 13.3 Å². The van der Waals surface area contributed by atoms with E-state index in [-0.39, 0.29) is 17.5 Å². The first-order valence-electron chi connectivity index (χ1n) is 8.09. The molecule has 24 heavy (non-hydrogen) atoms. The molecule has 1 saturated heterocycles. The van der Waals surface area contributed by atoms with Gasteiger partial charge in [-0.05, 0) is 31.5 Å². The molecule has 7 heteroatoms. The molecule has 1 aromatic heterocycles. The first-order valence-corrected chi connectivity index (χ1v) is 9.91. The fourth-order valence-electron chi connectivity index (χ4n) is 2.98. The van der Waals surface area contributed by atoms with Crippen molar-refractivity contribution in [2.75, 3.05) is 34.9 Å². The highest BCUT2D eigenvalue weighted by Crippen LogP contribution is 2.25. The second kappa shape index (κ2) is 6.76. The standard InChI is InChI=1S/C17H22N4O2S/c1-3-21(14-7-5-4-6-8-14)17-18-11-9-16(19-17)20(2)15-10-12-24(22,23)13-15/h4-9,11,15H,3,10,12-13H2,1-2H3. The molecule has 2 heterocycles. The molecule has 0 spiro atoms. The maximum absolute atomic E-state index is 11.7. The number of benzene rings is 1. The van der Waals surface area contributed by atoms with Crippen molar-refractivity contribution in [2.24, 2.45) is 0 Å². The number of rotatable bonds is 5. The summed E-state index contributed by atoms with van der Waals surface area (Å²) in [4.78, 5) is 13.0. The van der Waals surface area contributed by atoms with Gasteiger partial charge in [0.15, 0.2) is 9.84 Å². The van der Waals surface area contributed by atoms with Crippen LogP contribution in [0, 0.1) is 0 Å². The average molecular weight is 346 g/mol. The molecule has 1 atom stereocenters. The van der Waals surface area contributed by atoms with E-state index in [0.717, 1.165) is 18.1 Å². The lowest BCUT2D eigenvalue weighted by Crippen LogP contribution is -2.33. The Bertz CT molecular complexity index is 795. The van der Waals surface area contributed by atoms with Crippen LogP contribution in [0.2, 0.25) is 0 Å². The van der Waals surface area contributed by atoms with Crippen LogP contribution in [0.15, 0.2) is 42.6 Å². The number of hydrogen-bond acceptors (Lipinski definition) is 6. The Labute approximate surface area is 143 Å². The van der Waals surface area contributed by atoms with Gasteiger partial charge in [0, 0.05) is 31.5 Å². The summed E-state index contributed by atoms with van der Waals surface area (Å²) in [5, 5.41) is 0. The molecule has 0 saturated carbocycles. The van der Waals surface area contributed by atoms with Crippen LogP contribution < -0.4 is 9.80 Å². The molecule has 128 valence electrons. The van der Waals surface area contributed by atoms with Crippen LogP contribution in [-0.4, -0.2) is 49.5 Å². The lowest BCUT2D eigenvalue weighted by molar-refractivity contribution is 0.600. The third-order valence-corrected chi connectivity index (χ3v) is 6.12. The number of aromatic nitrogens is 2. The number of nitrogens with zero attached hydrogens (tertiary/aromatic N) is 4. The van der Waals surface area contributed by atoms with Crippen LogP contribution in [0.4, 0.5) is 17.5 Å². The van der Waals surface area contributed by atoms with E-state index in [1.165, 1.54) is 0 Å². The highest BCUT2D eigenvalue weighted by Gasteiger charge is 2.31. The van der Waals surface area contributed by atoms with E-state index in [4.69, 9.17) is 0 Å². The summed E-state index contributed by atoms with van der Waals surface area (Å²) in [6, 6.07) is 11.8. The van der Waals surface area contributed by atoms with E-state index in [9.17, 15) is 8.42 Å². The zero-order valence-electron chi connectivity index (χ0n) is 14.0. The maximum atomic E-state index is 11.7. The second-order valence-corrected chi connectivity index (χ2v) is 8.19. The van der Waals surface area contributed by atoms with Crippen molar-refractivity contribution >= 4 is 27.3 Å². The molecule has 6 nitrogen and oxygen atoms in total. The van der Waals surface area contributed by atoms with Crippen molar-refractivity contribution in [2.45, 2.75) is 19.4 Å². The minimum Gasteiger partial charge on any atom is -0.355 e. The first-order chi connectivity index (χ1) is 11.5. The molecule has 0 bridgehead atoms. The number of sulfone groups is 1. The summed E-state index contributed by atoms with van der Waals surface area (Å²) in [5.41, 5.74) is 1.03. The van der Waals surface area contributed by atoms with E-state index >= 15 is 0 Å². The smallest absolute Gasteiger partial charge is 0.231 e.